The van der Waals surface area contributed by atoms with Crippen LogP contribution >= 0.6 is 0 Å². The Bertz CT molecular complexity index is 685. The Balaban J connectivity index is 1.89. The van der Waals surface area contributed by atoms with Gasteiger partial charge in [-0.2, -0.15) is 0 Å². The molecule has 2 aromatic carbocycles. The van der Waals surface area contributed by atoms with E-state index in [1.54, 1.807) is 13.2 Å². The minimum Gasteiger partial charge on any atom is -0.497 e. The van der Waals surface area contributed by atoms with Crippen LogP contribution in [-0.2, 0) is 22.4 Å². The molecule has 1 amide bonds. The van der Waals surface area contributed by atoms with E-state index in [1.807, 2.05) is 48.5 Å². The first kappa shape index (κ1) is 17.5. The van der Waals surface area contributed by atoms with Crippen LogP contribution in [0.5, 0.6) is 5.75 Å². The molecule has 1 unspecified atom stereocenters. The highest BCUT2D eigenvalue weighted by Crippen LogP contribution is 2.13. The van der Waals surface area contributed by atoms with E-state index < -0.39 is 11.9 Å². The molecule has 0 aliphatic heterocycles. The van der Waals surface area contributed by atoms with Crippen LogP contribution in [-0.4, -0.2) is 30.6 Å². The van der Waals surface area contributed by atoms with Crippen molar-refractivity contribution in [3.63, 3.8) is 0 Å². The van der Waals surface area contributed by atoms with E-state index in [9.17, 15) is 14.7 Å². The van der Waals surface area contributed by atoms with Gasteiger partial charge in [-0.1, -0.05) is 42.5 Å². The zero-order chi connectivity index (χ0) is 17.4. The fourth-order valence-electron chi connectivity index (χ4n) is 2.41. The van der Waals surface area contributed by atoms with Crippen LogP contribution in [0, 0.1) is 5.92 Å². The van der Waals surface area contributed by atoms with Gasteiger partial charge in [-0.3, -0.25) is 9.59 Å². The lowest BCUT2D eigenvalue weighted by molar-refractivity contribution is -0.141. The standard InChI is InChI=1S/C19H21NO4/c1-24-17-9-5-8-15(11-17)12-18(21)20-13-16(19(22)23)10-14-6-3-2-4-7-14/h2-9,11,16H,10,12-13H2,1H3,(H,20,21)(H,22,23). The molecule has 0 aliphatic carbocycles. The number of aliphatic carboxylic acids is 1. The number of amides is 1. The Labute approximate surface area is 141 Å². The molecule has 0 fully saturated rings. The minimum atomic E-state index is -0.916. The van der Waals surface area contributed by atoms with Crippen molar-refractivity contribution >= 4 is 11.9 Å². The summed E-state index contributed by atoms with van der Waals surface area (Å²) in [6.07, 6.45) is 0.574. The maximum Gasteiger partial charge on any atom is 0.308 e. The van der Waals surface area contributed by atoms with Gasteiger partial charge in [-0.05, 0) is 29.7 Å². The Kier molecular flexibility index (Phi) is 6.37. The maximum absolute atomic E-state index is 12.0. The number of benzene rings is 2. The molecule has 0 spiro atoms. The van der Waals surface area contributed by atoms with Crippen LogP contribution in [0.1, 0.15) is 11.1 Å². The second kappa shape index (κ2) is 8.72. The zero-order valence-electron chi connectivity index (χ0n) is 13.6. The number of ether oxygens (including phenoxy) is 1. The molecule has 2 N–H and O–H groups in total. The van der Waals surface area contributed by atoms with Gasteiger partial charge >= 0.3 is 5.97 Å². The minimum absolute atomic E-state index is 0.104. The van der Waals surface area contributed by atoms with Gasteiger partial charge in [0.15, 0.2) is 0 Å². The van der Waals surface area contributed by atoms with Gasteiger partial charge in [0.2, 0.25) is 5.91 Å². The summed E-state index contributed by atoms with van der Waals surface area (Å²) in [6, 6.07) is 16.6. The smallest absolute Gasteiger partial charge is 0.308 e. The number of carboxylic acid groups (broad SMARTS) is 1. The quantitative estimate of drug-likeness (QED) is 0.780. The Morgan fingerprint density at radius 1 is 1.08 bits per heavy atom. The molecule has 0 aromatic heterocycles. The highest BCUT2D eigenvalue weighted by atomic mass is 16.5. The number of hydrogen-bond donors (Lipinski definition) is 2. The van der Waals surface area contributed by atoms with E-state index in [2.05, 4.69) is 5.32 Å². The number of carbonyl (C=O) groups excluding carboxylic acids is 1. The number of rotatable bonds is 8. The zero-order valence-corrected chi connectivity index (χ0v) is 13.6. The van der Waals surface area contributed by atoms with Gasteiger partial charge in [-0.25, -0.2) is 0 Å². The lowest BCUT2D eigenvalue weighted by atomic mass is 9.99. The summed E-state index contributed by atoms with van der Waals surface area (Å²) in [4.78, 5) is 23.4. The van der Waals surface area contributed by atoms with Crippen molar-refractivity contribution in [1.82, 2.24) is 5.32 Å². The molecule has 2 aromatic rings. The molecule has 0 aliphatic rings. The highest BCUT2D eigenvalue weighted by Gasteiger charge is 2.19. The van der Waals surface area contributed by atoms with Crippen molar-refractivity contribution in [3.8, 4) is 5.75 Å². The number of carboxylic acids is 1. The average Bonchev–Trinajstić information content (AvgIpc) is 2.59. The molecule has 0 heterocycles. The molecule has 0 saturated heterocycles. The normalized spacial score (nSPS) is 11.5. The van der Waals surface area contributed by atoms with E-state index in [4.69, 9.17) is 4.74 Å². The summed E-state index contributed by atoms with van der Waals surface area (Å²) in [7, 11) is 1.57. The summed E-state index contributed by atoms with van der Waals surface area (Å²) in [6.45, 7) is 0.104. The first-order valence-electron chi connectivity index (χ1n) is 7.75. The molecule has 5 heteroatoms. The van der Waals surface area contributed by atoms with E-state index in [0.717, 1.165) is 11.1 Å². The van der Waals surface area contributed by atoms with E-state index in [0.29, 0.717) is 12.2 Å². The molecule has 2 rings (SSSR count). The molecular formula is C19H21NO4. The van der Waals surface area contributed by atoms with Gasteiger partial charge in [0, 0.05) is 6.54 Å². The van der Waals surface area contributed by atoms with Crippen molar-refractivity contribution in [1.29, 1.82) is 0 Å². The molecule has 0 saturated carbocycles. The summed E-state index contributed by atoms with van der Waals surface area (Å²) in [5.41, 5.74) is 1.76. The van der Waals surface area contributed by atoms with Gasteiger partial charge in [-0.15, -0.1) is 0 Å². The van der Waals surface area contributed by atoms with Gasteiger partial charge in [0.05, 0.1) is 19.4 Å². The molecule has 126 valence electrons. The van der Waals surface area contributed by atoms with Crippen molar-refractivity contribution in [2.75, 3.05) is 13.7 Å². The van der Waals surface area contributed by atoms with Gasteiger partial charge in [0.1, 0.15) is 5.75 Å². The first-order chi connectivity index (χ1) is 11.6. The predicted octanol–water partition coefficient (Wildman–Crippen LogP) is 2.30. The SMILES string of the molecule is COc1cccc(CC(=O)NCC(Cc2ccccc2)C(=O)O)c1. The lowest BCUT2D eigenvalue weighted by Gasteiger charge is -2.14. The van der Waals surface area contributed by atoms with Crippen LogP contribution in [0.25, 0.3) is 0 Å². The van der Waals surface area contributed by atoms with E-state index >= 15 is 0 Å². The van der Waals surface area contributed by atoms with Crippen LogP contribution in [0.15, 0.2) is 54.6 Å². The number of hydrogen-bond acceptors (Lipinski definition) is 3. The van der Waals surface area contributed by atoms with Gasteiger partial charge < -0.3 is 15.2 Å². The third kappa shape index (κ3) is 5.43. The third-order valence-corrected chi connectivity index (χ3v) is 3.72. The Morgan fingerprint density at radius 3 is 2.46 bits per heavy atom. The lowest BCUT2D eigenvalue weighted by Crippen LogP contribution is -2.34. The van der Waals surface area contributed by atoms with Crippen molar-refractivity contribution in [2.45, 2.75) is 12.8 Å². The van der Waals surface area contributed by atoms with E-state index in [1.165, 1.54) is 0 Å². The van der Waals surface area contributed by atoms with Crippen molar-refractivity contribution in [3.05, 3.63) is 65.7 Å². The molecule has 24 heavy (non-hydrogen) atoms. The van der Waals surface area contributed by atoms with Crippen LogP contribution in [0.3, 0.4) is 0 Å². The van der Waals surface area contributed by atoms with Crippen LogP contribution in [0.4, 0.5) is 0 Å². The second-order valence-electron chi connectivity index (χ2n) is 5.56. The maximum atomic E-state index is 12.0. The first-order valence-corrected chi connectivity index (χ1v) is 7.75. The number of nitrogens with one attached hydrogen (secondary N) is 1. The molecular weight excluding hydrogens is 306 g/mol. The summed E-state index contributed by atoms with van der Waals surface area (Å²) in [5.74, 6) is -1.09. The molecule has 5 nitrogen and oxygen atoms in total. The Morgan fingerprint density at radius 2 is 1.79 bits per heavy atom. The fraction of sp³-hybridized carbons (Fsp3) is 0.263. The molecule has 1 atom stereocenters. The highest BCUT2D eigenvalue weighted by molar-refractivity contribution is 5.79. The average molecular weight is 327 g/mol. The number of methoxy groups -OCH3 is 1. The third-order valence-electron chi connectivity index (χ3n) is 3.72. The van der Waals surface area contributed by atoms with Crippen molar-refractivity contribution < 1.29 is 19.4 Å². The summed E-state index contributed by atoms with van der Waals surface area (Å²) in [5, 5.41) is 12.0. The summed E-state index contributed by atoms with van der Waals surface area (Å²) >= 11 is 0. The fourth-order valence-corrected chi connectivity index (χ4v) is 2.41. The molecule has 0 bridgehead atoms. The largest absolute Gasteiger partial charge is 0.497 e. The van der Waals surface area contributed by atoms with Crippen molar-refractivity contribution in [2.24, 2.45) is 5.92 Å². The Hall–Kier alpha value is -2.82. The topological polar surface area (TPSA) is 75.6 Å². The van der Waals surface area contributed by atoms with E-state index in [-0.39, 0.29) is 18.9 Å². The summed E-state index contributed by atoms with van der Waals surface area (Å²) < 4.78 is 5.12. The van der Waals surface area contributed by atoms with Gasteiger partial charge in [0.25, 0.3) is 0 Å². The monoisotopic (exact) mass is 327 g/mol. The second-order valence-corrected chi connectivity index (χ2v) is 5.56. The van der Waals surface area contributed by atoms with Crippen LogP contribution < -0.4 is 10.1 Å². The number of carbonyl (C=O) groups is 2. The van der Waals surface area contributed by atoms with Crippen LogP contribution in [0.2, 0.25) is 0 Å². The molecule has 0 radical (unpaired) electrons. The predicted molar refractivity (Wildman–Crippen MR) is 91.0 cm³/mol.